The first-order chi connectivity index (χ1) is 60.1. The number of fused-ring (bicyclic) bond motifs is 24. The summed E-state index contributed by atoms with van der Waals surface area (Å²) < 4.78 is 0. The fourth-order valence-electron chi connectivity index (χ4n) is 22.1. The van der Waals surface area contributed by atoms with Gasteiger partial charge in [0.25, 0.3) is 0 Å². The quantitative estimate of drug-likeness (QED) is 0.105. The summed E-state index contributed by atoms with van der Waals surface area (Å²) >= 11 is 0. The smallest absolute Gasteiger partial charge is 0.0165 e. The van der Waals surface area contributed by atoms with Gasteiger partial charge in [0.05, 0.1) is 0 Å². The lowest BCUT2D eigenvalue weighted by atomic mass is 9.79. The molecule has 2 aliphatic rings. The lowest BCUT2D eigenvalue weighted by Gasteiger charge is -2.24. The van der Waals surface area contributed by atoms with E-state index in [0.717, 1.165) is 0 Å². The maximum atomic E-state index is 2.41. The van der Waals surface area contributed by atoms with Crippen molar-refractivity contribution in [3.05, 3.63) is 447 Å². The Balaban J connectivity index is 0.000000138. The summed E-state index contributed by atoms with van der Waals surface area (Å²) in [6.45, 7) is 9.64. The fraction of sp³-hybridized carbons (Fsp3) is 0.0492. The molecule has 2 aliphatic carbocycles. The lowest BCUT2D eigenvalue weighted by Crippen LogP contribution is -2.15. The third-order valence-electron chi connectivity index (χ3n) is 27.4. The standard InChI is InChI=1S/C63H42.C59H40/c1-63(2)57-33-17-32-43(60(57)61-50-26-11-7-21-45(50)46-22-9-16-31-55(46)62(61)63)39-34-36-40(37-35-39)58-51-27-12-14-29-53(51)59(54-30-15-13-28-52(54)58)49-25-10-8-24-48(49)56-38-41-18-3-4-19-42(41)44-20-5-6-23-47(44)56;1-59(2)53-28-14-27-44(56(53)57-47-21-7-5-19-45(47)46-20-6-12-26-52(46)58(57)59)38-30-32-39(33-31-38)54-48-22-8-10-24-50(48)55(51-25-11-9-23-49(51)54)43-18-13-17-41(36-43)42-34-29-37-15-3-4-16-40(37)35-42/h3-38H,1-2H3;3-36H,1-2H3. The van der Waals surface area contributed by atoms with Gasteiger partial charge in [0.2, 0.25) is 0 Å². The Morgan fingerprint density at radius 3 is 0.869 bits per heavy atom. The first kappa shape index (κ1) is 71.1. The number of rotatable bonds is 8. The molecule has 0 heterocycles. The maximum absolute atomic E-state index is 2.41. The van der Waals surface area contributed by atoms with E-state index in [0.29, 0.717) is 0 Å². The second-order valence-electron chi connectivity index (χ2n) is 34.6. The van der Waals surface area contributed by atoms with Crippen molar-refractivity contribution in [2.75, 3.05) is 0 Å². The van der Waals surface area contributed by atoms with Crippen LogP contribution in [0.3, 0.4) is 0 Å². The normalized spacial score (nSPS) is 13.0. The molecule has 25 rings (SSSR count). The Hall–Kier alpha value is -15.1. The first-order valence-electron chi connectivity index (χ1n) is 42.9. The summed E-state index contributed by atoms with van der Waals surface area (Å²) in [7, 11) is 0. The van der Waals surface area contributed by atoms with Gasteiger partial charge in [0, 0.05) is 10.8 Å². The highest BCUT2D eigenvalue weighted by molar-refractivity contribution is 6.27. The monoisotopic (exact) mass is 1550 g/mol. The van der Waals surface area contributed by atoms with Gasteiger partial charge in [-0.1, -0.05) is 434 Å². The molecule has 23 aromatic carbocycles. The summed E-state index contributed by atoms with van der Waals surface area (Å²) in [5.41, 5.74) is 30.9. The van der Waals surface area contributed by atoms with Crippen molar-refractivity contribution in [3.8, 4) is 111 Å². The molecule has 0 saturated carbocycles. The van der Waals surface area contributed by atoms with E-state index < -0.39 is 0 Å². The molecule has 23 aromatic rings. The van der Waals surface area contributed by atoms with Crippen molar-refractivity contribution >= 4 is 118 Å². The summed E-state index contributed by atoms with van der Waals surface area (Å²) in [5, 5.41) is 28.3. The molecule has 0 aromatic heterocycles. The Kier molecular flexibility index (Phi) is 16.2. The minimum Gasteiger partial charge on any atom is -0.0616 e. The van der Waals surface area contributed by atoms with Crippen molar-refractivity contribution < 1.29 is 0 Å². The maximum Gasteiger partial charge on any atom is 0.0165 e. The van der Waals surface area contributed by atoms with E-state index in [4.69, 9.17) is 0 Å². The Labute approximate surface area is 710 Å². The number of hydrogen-bond donors (Lipinski definition) is 0. The average Bonchev–Trinajstić information content (AvgIpc) is 1.56. The Bertz CT molecular complexity index is 8240. The van der Waals surface area contributed by atoms with Gasteiger partial charge in [0.15, 0.2) is 0 Å². The Morgan fingerprint density at radius 2 is 0.418 bits per heavy atom. The van der Waals surface area contributed by atoms with Crippen LogP contribution in [0.4, 0.5) is 0 Å². The van der Waals surface area contributed by atoms with E-state index >= 15 is 0 Å². The SMILES string of the molecule is CC1(C)c2cccc(-c3ccc(-c4c5ccccc5c(-c5cccc(-c6ccc7ccccc7c6)c5)c5ccccc45)cc3)c2-c2c1c1ccccc1c1ccccc21.CC1(C)c2cccc(-c3ccc(-c4c5ccccc5c(-c5ccccc5-c5cc6ccccc6c6ccccc56)c5ccccc45)cc3)c2-c2c1c1ccccc1c1ccccc21. The molecule has 0 N–H and O–H groups in total. The minimum atomic E-state index is -0.149. The van der Waals surface area contributed by atoms with E-state index in [-0.39, 0.29) is 10.8 Å². The van der Waals surface area contributed by atoms with Gasteiger partial charge in [-0.05, 0) is 270 Å². The molecule has 0 bridgehead atoms. The summed E-state index contributed by atoms with van der Waals surface area (Å²) in [5.74, 6) is 0. The van der Waals surface area contributed by atoms with Gasteiger partial charge in [-0.15, -0.1) is 0 Å². The van der Waals surface area contributed by atoms with Crippen molar-refractivity contribution in [2.45, 2.75) is 38.5 Å². The predicted octanol–water partition coefficient (Wildman–Crippen LogP) is 34.0. The molecule has 570 valence electrons. The van der Waals surface area contributed by atoms with Crippen molar-refractivity contribution in [1.29, 1.82) is 0 Å². The molecule has 0 nitrogen and oxygen atoms in total. The molecule has 0 unspecified atom stereocenters. The lowest BCUT2D eigenvalue weighted by molar-refractivity contribution is 0.666. The van der Waals surface area contributed by atoms with E-state index in [9.17, 15) is 0 Å². The predicted molar refractivity (Wildman–Crippen MR) is 524 cm³/mol. The molecule has 122 heavy (non-hydrogen) atoms. The van der Waals surface area contributed by atoms with E-state index in [2.05, 4.69) is 452 Å². The largest absolute Gasteiger partial charge is 0.0616 e. The number of benzene rings is 23. The van der Waals surface area contributed by atoms with Gasteiger partial charge in [-0.3, -0.25) is 0 Å². The van der Waals surface area contributed by atoms with Crippen LogP contribution in [0.2, 0.25) is 0 Å². The summed E-state index contributed by atoms with van der Waals surface area (Å²) in [4.78, 5) is 0. The molecular formula is C122H82. The van der Waals surface area contributed by atoms with Crippen molar-refractivity contribution in [3.63, 3.8) is 0 Å². The topological polar surface area (TPSA) is 0 Å². The molecular weight excluding hydrogens is 1470 g/mol. The van der Waals surface area contributed by atoms with Crippen LogP contribution >= 0.6 is 0 Å². The third-order valence-corrected chi connectivity index (χ3v) is 27.4. The highest BCUT2D eigenvalue weighted by Crippen LogP contribution is 2.60. The van der Waals surface area contributed by atoms with Gasteiger partial charge in [-0.2, -0.15) is 0 Å². The molecule has 0 amide bonds. The van der Waals surface area contributed by atoms with Crippen LogP contribution in [0.1, 0.15) is 49.9 Å². The van der Waals surface area contributed by atoms with Crippen LogP contribution < -0.4 is 0 Å². The zero-order valence-corrected chi connectivity index (χ0v) is 68.4. The molecule has 0 spiro atoms. The van der Waals surface area contributed by atoms with Gasteiger partial charge in [0.1, 0.15) is 0 Å². The second kappa shape index (κ2) is 27.8. The summed E-state index contributed by atoms with van der Waals surface area (Å²) in [6, 6.07) is 158. The highest BCUT2D eigenvalue weighted by atomic mass is 14.4. The first-order valence-corrected chi connectivity index (χ1v) is 42.9. The third kappa shape index (κ3) is 10.8. The summed E-state index contributed by atoms with van der Waals surface area (Å²) in [6.07, 6.45) is 0. The van der Waals surface area contributed by atoms with Crippen LogP contribution in [0.25, 0.3) is 230 Å². The van der Waals surface area contributed by atoms with Gasteiger partial charge >= 0.3 is 0 Å². The van der Waals surface area contributed by atoms with Crippen LogP contribution in [0.5, 0.6) is 0 Å². The highest BCUT2D eigenvalue weighted by Gasteiger charge is 2.42. The molecule has 0 saturated heterocycles. The molecule has 0 heteroatoms. The fourth-order valence-corrected chi connectivity index (χ4v) is 22.1. The van der Waals surface area contributed by atoms with E-state index in [1.807, 2.05) is 0 Å². The van der Waals surface area contributed by atoms with E-state index in [1.54, 1.807) is 0 Å². The van der Waals surface area contributed by atoms with E-state index in [1.165, 1.54) is 252 Å². The second-order valence-corrected chi connectivity index (χ2v) is 34.6. The minimum absolute atomic E-state index is 0.140. The Morgan fingerprint density at radius 1 is 0.131 bits per heavy atom. The van der Waals surface area contributed by atoms with Crippen LogP contribution in [-0.2, 0) is 10.8 Å². The van der Waals surface area contributed by atoms with Crippen LogP contribution in [-0.4, -0.2) is 0 Å². The molecule has 0 fully saturated rings. The van der Waals surface area contributed by atoms with Crippen LogP contribution in [0, 0.1) is 0 Å². The van der Waals surface area contributed by atoms with Crippen molar-refractivity contribution in [1.82, 2.24) is 0 Å². The number of hydrogen-bond acceptors (Lipinski definition) is 0. The van der Waals surface area contributed by atoms with Crippen LogP contribution in [0.15, 0.2) is 425 Å². The average molecular weight is 1550 g/mol. The molecule has 0 atom stereocenters. The molecule has 0 radical (unpaired) electrons. The van der Waals surface area contributed by atoms with Crippen molar-refractivity contribution in [2.24, 2.45) is 0 Å². The van der Waals surface area contributed by atoms with Gasteiger partial charge < -0.3 is 0 Å². The zero-order chi connectivity index (χ0) is 81.1. The molecule has 0 aliphatic heterocycles. The zero-order valence-electron chi connectivity index (χ0n) is 68.4. The van der Waals surface area contributed by atoms with Gasteiger partial charge in [-0.25, -0.2) is 0 Å².